The lowest BCUT2D eigenvalue weighted by Gasteiger charge is -2.26. The predicted octanol–water partition coefficient (Wildman–Crippen LogP) is 10.6. The molecule has 330 valence electrons. The third-order valence-corrected chi connectivity index (χ3v) is 14.6. The third-order valence-electron chi connectivity index (χ3n) is 10.8. The number of rotatable bonds is 9. The molecule has 0 radical (unpaired) electrons. The molecule has 0 saturated carbocycles. The number of fused-ring (bicyclic) bond motifs is 3. The van der Waals surface area contributed by atoms with Crippen LogP contribution >= 0.6 is 34.0 Å². The van der Waals surface area contributed by atoms with E-state index in [4.69, 9.17) is 39.7 Å². The van der Waals surface area contributed by atoms with Crippen LogP contribution in [-0.2, 0) is 19.1 Å². The van der Waals surface area contributed by atoms with E-state index in [1.807, 2.05) is 0 Å². The van der Waals surface area contributed by atoms with Gasteiger partial charge < -0.3 is 38.1 Å². The smallest absolute Gasteiger partial charge is 0.326 e. The first-order chi connectivity index (χ1) is 31.4. The van der Waals surface area contributed by atoms with E-state index in [0.717, 1.165) is 53.5 Å². The maximum Gasteiger partial charge on any atom is 0.326 e. The molecule has 2 amide bonds. The molecule has 65 heavy (non-hydrogen) atoms. The van der Waals surface area contributed by atoms with E-state index in [1.165, 1.54) is 33.8 Å². The molecule has 0 aliphatic carbocycles. The number of hydrogen-bond acceptors (Lipinski definition) is 14. The van der Waals surface area contributed by atoms with E-state index in [2.05, 4.69) is 96.4 Å². The molecule has 6 aromatic rings. The van der Waals surface area contributed by atoms with Crippen molar-refractivity contribution in [3.8, 4) is 64.4 Å². The molecule has 16 heteroatoms. The van der Waals surface area contributed by atoms with E-state index in [-0.39, 0.29) is 36.0 Å². The Bertz CT molecular complexity index is 2920. The van der Waals surface area contributed by atoms with E-state index in [0.29, 0.717) is 58.3 Å². The molecule has 10 rings (SSSR count). The minimum atomic E-state index is -0.885. The Balaban J connectivity index is 1.04. The zero-order valence-corrected chi connectivity index (χ0v) is 38.5. The van der Waals surface area contributed by atoms with Crippen LogP contribution < -0.4 is 33.3 Å². The van der Waals surface area contributed by atoms with Crippen molar-refractivity contribution in [1.29, 1.82) is 0 Å². The van der Waals surface area contributed by atoms with Gasteiger partial charge >= 0.3 is 5.97 Å². The second-order valence-electron chi connectivity index (χ2n) is 16.5. The van der Waals surface area contributed by atoms with Crippen LogP contribution in [0, 0.1) is 20.4 Å². The number of anilines is 3. The Morgan fingerprint density at radius 2 is 0.969 bits per heavy atom. The maximum atomic E-state index is 14.0. The number of amides is 2. The number of carbonyl (C=O) groups excluding carboxylic acids is 3. The number of thiophene rings is 3. The molecule has 4 aliphatic heterocycles. The molecule has 0 atom stereocenters. The first-order valence-electron chi connectivity index (χ1n) is 20.9. The first-order valence-corrected chi connectivity index (χ1v) is 23.4. The number of hydrogen-bond donors (Lipinski definition) is 0. The van der Waals surface area contributed by atoms with Crippen molar-refractivity contribution in [3.05, 3.63) is 106 Å². The largest absolute Gasteiger partial charge is 0.485 e. The van der Waals surface area contributed by atoms with Crippen LogP contribution in [-0.4, -0.2) is 74.5 Å². The van der Waals surface area contributed by atoms with Crippen molar-refractivity contribution in [3.63, 3.8) is 0 Å². The van der Waals surface area contributed by atoms with Gasteiger partial charge in [0.25, 0.3) is 17.5 Å². The molecule has 0 bridgehead atoms. The maximum absolute atomic E-state index is 14.0. The van der Waals surface area contributed by atoms with Gasteiger partial charge in [-0.05, 0) is 76.6 Å². The summed E-state index contributed by atoms with van der Waals surface area (Å²) in [6.45, 7) is 18.2. The molecule has 7 heterocycles. The molecule has 0 spiro atoms. The van der Waals surface area contributed by atoms with Gasteiger partial charge in [0.2, 0.25) is 0 Å². The predicted molar refractivity (Wildman–Crippen MR) is 250 cm³/mol. The summed E-state index contributed by atoms with van der Waals surface area (Å²) >= 11 is 4.09. The summed E-state index contributed by atoms with van der Waals surface area (Å²) in [5.41, 5.74) is 4.97. The average molecular weight is 928 g/mol. The molecule has 3 aromatic heterocycles. The van der Waals surface area contributed by atoms with E-state index in [9.17, 15) is 14.4 Å². The van der Waals surface area contributed by atoms with Crippen LogP contribution in [0.15, 0.2) is 78.5 Å². The van der Waals surface area contributed by atoms with Gasteiger partial charge in [-0.15, -0.1) is 34.0 Å². The summed E-state index contributed by atoms with van der Waals surface area (Å²) in [6, 6.07) is 25.4. The molecule has 0 unspecified atom stereocenters. The molecule has 4 aliphatic rings. The number of esters is 1. The number of imide groups is 1. The zero-order chi connectivity index (χ0) is 45.1. The number of carbonyl (C=O) groups is 3. The highest BCUT2D eigenvalue weighted by molar-refractivity contribution is 7.28. The van der Waals surface area contributed by atoms with Crippen LogP contribution in [0.5, 0.6) is 34.5 Å². The van der Waals surface area contributed by atoms with Crippen LogP contribution in [0.25, 0.3) is 40.4 Å². The monoisotopic (exact) mass is 927 g/mol. The van der Waals surface area contributed by atoms with Crippen molar-refractivity contribution in [2.24, 2.45) is 0 Å². The molecule has 0 N–H and O–H groups in total. The molecule has 0 fully saturated rings. The molecular weight excluding hydrogens is 887 g/mol. The number of benzene rings is 3. The number of nitrogens with zero attached hydrogens (tertiary/aromatic N) is 3. The average Bonchev–Trinajstić information content (AvgIpc) is 4.04. The number of aryl methyl sites for hydroxylation is 2. The summed E-state index contributed by atoms with van der Waals surface area (Å²) < 4.78 is 43.3. The quantitative estimate of drug-likeness (QED) is 0.0781. The highest BCUT2D eigenvalue weighted by Crippen LogP contribution is 2.64. The molecule has 3 aromatic carbocycles. The van der Waals surface area contributed by atoms with Crippen LogP contribution in [0.4, 0.5) is 17.1 Å². The standard InChI is InChI=1S/C49H41N3O10S3/c1-26-7-13-29(14-8-26)52(30-15-9-27(2)10-16-30)31-17-11-28(12-18-31)41-35-37(58-21-19-56-35)43(63-41)45-39-40(61-24-23-60-39)46(65-45)44-38-36(57-20-22-59-38)42(64-44)33-34(50-6)48(55)51(47(33)54)25-32(53)62-49(3,4)5/h7-18H,19-25H2,1-5H3. The van der Waals surface area contributed by atoms with Gasteiger partial charge in [-0.25, -0.2) is 4.85 Å². The summed E-state index contributed by atoms with van der Waals surface area (Å²) in [5.74, 6) is 0.376. The van der Waals surface area contributed by atoms with Crippen LogP contribution in [0.2, 0.25) is 0 Å². The van der Waals surface area contributed by atoms with Gasteiger partial charge in [0.15, 0.2) is 34.5 Å². The second-order valence-corrected chi connectivity index (χ2v) is 19.6. The normalized spacial score (nSPS) is 15.3. The van der Waals surface area contributed by atoms with Gasteiger partial charge in [-0.2, -0.15) is 0 Å². The van der Waals surface area contributed by atoms with Crippen molar-refractivity contribution >= 4 is 74.4 Å². The Morgan fingerprint density at radius 3 is 1.38 bits per heavy atom. The van der Waals surface area contributed by atoms with Gasteiger partial charge in [0, 0.05) is 17.1 Å². The number of ether oxygens (including phenoxy) is 7. The Morgan fingerprint density at radius 1 is 0.600 bits per heavy atom. The van der Waals surface area contributed by atoms with Crippen LogP contribution in [0.1, 0.15) is 36.8 Å². The van der Waals surface area contributed by atoms with E-state index in [1.54, 1.807) is 20.8 Å². The molecule has 0 saturated heterocycles. The third kappa shape index (κ3) is 7.62. The van der Waals surface area contributed by atoms with Gasteiger partial charge in [0.1, 0.15) is 51.8 Å². The van der Waals surface area contributed by atoms with Crippen molar-refractivity contribution in [2.45, 2.75) is 40.2 Å². The van der Waals surface area contributed by atoms with Crippen molar-refractivity contribution in [1.82, 2.24) is 4.90 Å². The van der Waals surface area contributed by atoms with E-state index < -0.39 is 35.6 Å². The lowest BCUT2D eigenvalue weighted by molar-refractivity contribution is -0.160. The van der Waals surface area contributed by atoms with Gasteiger partial charge in [0.05, 0.1) is 41.4 Å². The summed E-state index contributed by atoms with van der Waals surface area (Å²) in [7, 11) is 0. The lowest BCUT2D eigenvalue weighted by atomic mass is 10.1. The summed E-state index contributed by atoms with van der Waals surface area (Å²) in [6.07, 6.45) is 0. The Labute approximate surface area is 386 Å². The summed E-state index contributed by atoms with van der Waals surface area (Å²) in [5, 5.41) is 0. The molecule has 13 nitrogen and oxygen atoms in total. The zero-order valence-electron chi connectivity index (χ0n) is 36.0. The lowest BCUT2D eigenvalue weighted by Crippen LogP contribution is -2.39. The van der Waals surface area contributed by atoms with Crippen molar-refractivity contribution in [2.75, 3.05) is 51.1 Å². The summed E-state index contributed by atoms with van der Waals surface area (Å²) in [4.78, 5) is 50.7. The van der Waals surface area contributed by atoms with Crippen LogP contribution in [0.3, 0.4) is 0 Å². The molecular formula is C49H41N3O10S3. The topological polar surface area (TPSA) is 127 Å². The fourth-order valence-corrected chi connectivity index (χ4v) is 11.8. The first kappa shape index (κ1) is 42.2. The highest BCUT2D eigenvalue weighted by Gasteiger charge is 2.45. The minimum Gasteiger partial charge on any atom is -0.485 e. The Hall–Kier alpha value is -6.80. The minimum absolute atomic E-state index is 0.163. The van der Waals surface area contributed by atoms with Crippen molar-refractivity contribution < 1.29 is 47.5 Å². The highest BCUT2D eigenvalue weighted by atomic mass is 32.1. The second kappa shape index (κ2) is 16.6. The van der Waals surface area contributed by atoms with Gasteiger partial charge in [-0.3, -0.25) is 19.3 Å². The SMILES string of the molecule is [C-]#[N+]C1=C(c2sc(-c3sc(-c4sc(-c5ccc(N(c6ccc(C)cc6)c6ccc(C)cc6)cc5)c5c4OCCO5)c4c3OCCO4)c3c2OCCO3)C(=O)N(CC(=O)OC(C)(C)C)C1=O. The Kier molecular flexibility index (Phi) is 10.8. The van der Waals surface area contributed by atoms with E-state index >= 15 is 0 Å². The van der Waals surface area contributed by atoms with Gasteiger partial charge in [-0.1, -0.05) is 47.5 Å². The fraction of sp³-hybridized carbons (Fsp3) is 0.265. The fourth-order valence-electron chi connectivity index (χ4n) is 7.92.